The number of ketones is 1. The van der Waals surface area contributed by atoms with Crippen molar-refractivity contribution in [3.8, 4) is 0 Å². The Labute approximate surface area is 114 Å². The first-order valence-corrected chi connectivity index (χ1v) is 7.56. The van der Waals surface area contributed by atoms with Gasteiger partial charge in [-0.3, -0.25) is 4.79 Å². The van der Waals surface area contributed by atoms with Gasteiger partial charge in [-0.15, -0.1) is 0 Å². The van der Waals surface area contributed by atoms with Crippen molar-refractivity contribution >= 4 is 5.78 Å². The summed E-state index contributed by atoms with van der Waals surface area (Å²) in [6.45, 7) is 2.11. The van der Waals surface area contributed by atoms with Crippen molar-refractivity contribution in [1.29, 1.82) is 0 Å². The minimum atomic E-state index is -4.21. The summed E-state index contributed by atoms with van der Waals surface area (Å²) in [7, 11) is 0. The van der Waals surface area contributed by atoms with Crippen LogP contribution < -0.4 is 0 Å². The molecule has 0 N–H and O–H groups in total. The Hall–Kier alpha value is -0.540. The molecule has 0 aromatic carbocycles. The highest BCUT2D eigenvalue weighted by Gasteiger charge is 2.47. The lowest BCUT2D eigenvalue weighted by Gasteiger charge is -2.32. The van der Waals surface area contributed by atoms with E-state index in [-0.39, 0.29) is 12.2 Å². The van der Waals surface area contributed by atoms with Gasteiger partial charge in [0.15, 0.2) is 0 Å². The van der Waals surface area contributed by atoms with Crippen LogP contribution in [0.2, 0.25) is 0 Å². The fourth-order valence-corrected chi connectivity index (χ4v) is 3.00. The molecule has 0 aromatic heterocycles. The Morgan fingerprint density at radius 3 is 2.32 bits per heavy atom. The summed E-state index contributed by atoms with van der Waals surface area (Å²) in [5.74, 6) is -2.30. The Morgan fingerprint density at radius 1 is 1.05 bits per heavy atom. The van der Waals surface area contributed by atoms with Gasteiger partial charge < -0.3 is 0 Å². The zero-order valence-corrected chi connectivity index (χ0v) is 11.8. The zero-order valence-electron chi connectivity index (χ0n) is 11.8. The average Bonchev–Trinajstić information content (AvgIpc) is 2.37. The second-order valence-corrected chi connectivity index (χ2v) is 5.67. The molecule has 1 rings (SSSR count). The number of halogens is 3. The number of carbonyl (C=O) groups excluding carboxylic acids is 1. The molecule has 0 aromatic rings. The number of hydrogen-bond acceptors (Lipinski definition) is 1. The summed E-state index contributed by atoms with van der Waals surface area (Å²) in [5.41, 5.74) is 0. The fourth-order valence-electron chi connectivity index (χ4n) is 3.00. The van der Waals surface area contributed by atoms with Crippen LogP contribution in [-0.4, -0.2) is 12.0 Å². The number of hydrogen-bond donors (Lipinski definition) is 0. The highest BCUT2D eigenvalue weighted by molar-refractivity contribution is 5.81. The Balaban J connectivity index is 2.40. The van der Waals surface area contributed by atoms with E-state index in [1.807, 2.05) is 0 Å². The maximum absolute atomic E-state index is 12.9. The smallest absolute Gasteiger partial charge is 0.299 e. The summed E-state index contributed by atoms with van der Waals surface area (Å²) in [6.07, 6.45) is 3.12. The molecule has 0 heterocycles. The van der Waals surface area contributed by atoms with E-state index in [2.05, 4.69) is 6.92 Å². The van der Waals surface area contributed by atoms with Gasteiger partial charge in [-0.05, 0) is 19.3 Å². The van der Waals surface area contributed by atoms with Crippen molar-refractivity contribution in [3.05, 3.63) is 0 Å². The monoisotopic (exact) mass is 278 g/mol. The van der Waals surface area contributed by atoms with E-state index >= 15 is 0 Å². The summed E-state index contributed by atoms with van der Waals surface area (Å²) in [5, 5.41) is 0. The van der Waals surface area contributed by atoms with E-state index in [0.29, 0.717) is 19.3 Å². The quantitative estimate of drug-likeness (QED) is 0.579. The molecular weight excluding hydrogens is 253 g/mol. The molecule has 1 aliphatic carbocycles. The lowest BCUT2D eigenvalue weighted by Crippen LogP contribution is -2.37. The van der Waals surface area contributed by atoms with Crippen LogP contribution in [-0.2, 0) is 4.79 Å². The number of alkyl halides is 3. The first-order valence-electron chi connectivity index (χ1n) is 7.56. The van der Waals surface area contributed by atoms with Gasteiger partial charge in [0.2, 0.25) is 0 Å². The van der Waals surface area contributed by atoms with Gasteiger partial charge in [0, 0.05) is 12.3 Å². The number of carbonyl (C=O) groups is 1. The molecular formula is C15H25F3O. The van der Waals surface area contributed by atoms with Gasteiger partial charge in [0.1, 0.15) is 5.78 Å². The molecule has 0 bridgehead atoms. The maximum Gasteiger partial charge on any atom is 0.392 e. The van der Waals surface area contributed by atoms with Crippen molar-refractivity contribution in [2.75, 3.05) is 0 Å². The minimum Gasteiger partial charge on any atom is -0.299 e. The average molecular weight is 278 g/mol. The third-order valence-electron chi connectivity index (χ3n) is 4.13. The second kappa shape index (κ2) is 7.91. The van der Waals surface area contributed by atoms with Crippen LogP contribution in [0.15, 0.2) is 0 Å². The standard InChI is InChI=1S/C15H25F3O/c1-2-3-4-5-6-11-14(19)12-9-7-8-10-13(12)15(16,17)18/h12-13H,2-11H2,1H3. The molecule has 1 nitrogen and oxygen atoms in total. The Bertz CT molecular complexity index is 273. The topological polar surface area (TPSA) is 17.1 Å². The Kier molecular flexibility index (Phi) is 6.87. The molecule has 0 amide bonds. The van der Waals surface area contributed by atoms with Crippen molar-refractivity contribution in [2.24, 2.45) is 11.8 Å². The maximum atomic E-state index is 12.9. The Morgan fingerprint density at radius 2 is 1.68 bits per heavy atom. The molecule has 1 aliphatic rings. The molecule has 0 radical (unpaired) electrons. The largest absolute Gasteiger partial charge is 0.392 e. The predicted molar refractivity (Wildman–Crippen MR) is 69.9 cm³/mol. The highest BCUT2D eigenvalue weighted by atomic mass is 19.4. The molecule has 0 saturated heterocycles. The van der Waals surface area contributed by atoms with Crippen molar-refractivity contribution in [2.45, 2.75) is 77.3 Å². The number of Topliss-reactive ketones (excluding diaryl/α,β-unsaturated/α-hetero) is 1. The molecule has 2 unspecified atom stereocenters. The summed E-state index contributed by atoms with van der Waals surface area (Å²) in [4.78, 5) is 12.0. The van der Waals surface area contributed by atoms with Gasteiger partial charge in [-0.1, -0.05) is 45.4 Å². The van der Waals surface area contributed by atoms with E-state index in [0.717, 1.165) is 38.5 Å². The van der Waals surface area contributed by atoms with Crippen LogP contribution in [0.4, 0.5) is 13.2 Å². The van der Waals surface area contributed by atoms with Crippen LogP contribution in [0.5, 0.6) is 0 Å². The fraction of sp³-hybridized carbons (Fsp3) is 0.933. The molecule has 4 heteroatoms. The summed E-state index contributed by atoms with van der Waals surface area (Å²) < 4.78 is 38.7. The predicted octanol–water partition coefficient (Wildman–Crippen LogP) is 5.28. The van der Waals surface area contributed by atoms with E-state index < -0.39 is 18.0 Å². The number of unbranched alkanes of at least 4 members (excludes halogenated alkanes) is 4. The van der Waals surface area contributed by atoms with Crippen LogP contribution in [0.25, 0.3) is 0 Å². The van der Waals surface area contributed by atoms with E-state index in [4.69, 9.17) is 0 Å². The van der Waals surface area contributed by atoms with Gasteiger partial charge in [-0.2, -0.15) is 13.2 Å². The van der Waals surface area contributed by atoms with Crippen LogP contribution in [0, 0.1) is 11.8 Å². The SMILES string of the molecule is CCCCCCCC(=O)C1CCCCC1C(F)(F)F. The molecule has 0 spiro atoms. The molecule has 1 saturated carbocycles. The number of rotatable bonds is 7. The first-order chi connectivity index (χ1) is 8.96. The molecule has 2 atom stereocenters. The van der Waals surface area contributed by atoms with E-state index in [9.17, 15) is 18.0 Å². The van der Waals surface area contributed by atoms with Crippen molar-refractivity contribution < 1.29 is 18.0 Å². The van der Waals surface area contributed by atoms with Crippen molar-refractivity contribution in [1.82, 2.24) is 0 Å². The first kappa shape index (κ1) is 16.5. The van der Waals surface area contributed by atoms with Gasteiger partial charge in [0.25, 0.3) is 0 Å². The van der Waals surface area contributed by atoms with Crippen molar-refractivity contribution in [3.63, 3.8) is 0 Å². The summed E-state index contributed by atoms with van der Waals surface area (Å²) >= 11 is 0. The van der Waals surface area contributed by atoms with Crippen LogP contribution >= 0.6 is 0 Å². The highest BCUT2D eigenvalue weighted by Crippen LogP contribution is 2.42. The molecule has 112 valence electrons. The second-order valence-electron chi connectivity index (χ2n) is 5.67. The zero-order chi connectivity index (χ0) is 14.3. The van der Waals surface area contributed by atoms with E-state index in [1.165, 1.54) is 0 Å². The normalized spacial score (nSPS) is 24.4. The molecule has 0 aliphatic heterocycles. The van der Waals surface area contributed by atoms with Crippen LogP contribution in [0.3, 0.4) is 0 Å². The lowest BCUT2D eigenvalue weighted by molar-refractivity contribution is -0.197. The molecule has 1 fully saturated rings. The van der Waals surface area contributed by atoms with E-state index in [1.54, 1.807) is 0 Å². The molecule has 19 heavy (non-hydrogen) atoms. The van der Waals surface area contributed by atoms with Crippen LogP contribution in [0.1, 0.15) is 71.1 Å². The third kappa shape index (κ3) is 5.53. The summed E-state index contributed by atoms with van der Waals surface area (Å²) in [6, 6.07) is 0. The lowest BCUT2D eigenvalue weighted by atomic mass is 9.75. The third-order valence-corrected chi connectivity index (χ3v) is 4.13. The van der Waals surface area contributed by atoms with Gasteiger partial charge in [-0.25, -0.2) is 0 Å². The van der Waals surface area contributed by atoms with Gasteiger partial charge in [0.05, 0.1) is 5.92 Å². The minimum absolute atomic E-state index is 0.135. The van der Waals surface area contributed by atoms with Gasteiger partial charge >= 0.3 is 6.18 Å².